The molecule has 0 saturated carbocycles. The summed E-state index contributed by atoms with van der Waals surface area (Å²) in [6.07, 6.45) is 0. The summed E-state index contributed by atoms with van der Waals surface area (Å²) in [7, 11) is -3.65. The molecule has 0 spiro atoms. The average molecular weight is 330 g/mol. The van der Waals surface area contributed by atoms with Gasteiger partial charge in [0.25, 0.3) is 5.69 Å². The summed E-state index contributed by atoms with van der Waals surface area (Å²) in [4.78, 5) is 9.96. The molecule has 1 rings (SSSR count). The van der Waals surface area contributed by atoms with Crippen LogP contribution in [0.15, 0.2) is 22.7 Å². The standard InChI is InChI=1S/C7H6BrClN2O4S/c8-6-2-1-5(3-7(6)11(12)13)10-16(14,15)4-9/h1-3,10H,4H2. The van der Waals surface area contributed by atoms with Crippen molar-refractivity contribution in [3.8, 4) is 0 Å². The quantitative estimate of drug-likeness (QED) is 0.521. The Hall–Kier alpha value is -0.860. The van der Waals surface area contributed by atoms with Crippen molar-refractivity contribution in [2.45, 2.75) is 0 Å². The number of hydrogen-bond acceptors (Lipinski definition) is 4. The Kier molecular flexibility index (Phi) is 4.11. The zero-order chi connectivity index (χ0) is 12.3. The minimum atomic E-state index is -3.65. The molecular weight excluding hydrogens is 324 g/mol. The van der Waals surface area contributed by atoms with Crippen LogP contribution < -0.4 is 4.72 Å². The summed E-state index contributed by atoms with van der Waals surface area (Å²) in [6.45, 7) is 0. The van der Waals surface area contributed by atoms with E-state index < -0.39 is 20.2 Å². The summed E-state index contributed by atoms with van der Waals surface area (Å²) >= 11 is 8.17. The first-order chi connectivity index (χ1) is 7.35. The van der Waals surface area contributed by atoms with Crippen LogP contribution in [-0.2, 0) is 10.0 Å². The SMILES string of the molecule is O=[N+]([O-])c1cc(NS(=O)(=O)CCl)ccc1Br. The van der Waals surface area contributed by atoms with Gasteiger partial charge >= 0.3 is 0 Å². The van der Waals surface area contributed by atoms with Gasteiger partial charge in [-0.05, 0) is 28.1 Å². The minimum absolute atomic E-state index is 0.0931. The summed E-state index contributed by atoms with van der Waals surface area (Å²) in [5.41, 5.74) is -0.134. The number of rotatable bonds is 4. The third-order valence-electron chi connectivity index (χ3n) is 1.56. The number of benzene rings is 1. The second kappa shape index (κ2) is 4.98. The van der Waals surface area contributed by atoms with Crippen LogP contribution in [0.25, 0.3) is 0 Å². The molecule has 1 aromatic carbocycles. The van der Waals surface area contributed by atoms with Gasteiger partial charge < -0.3 is 0 Å². The fraction of sp³-hybridized carbons (Fsp3) is 0.143. The van der Waals surface area contributed by atoms with Crippen molar-refractivity contribution in [2.75, 3.05) is 9.93 Å². The number of nitro benzene ring substituents is 1. The predicted octanol–water partition coefficient (Wildman–Crippen LogP) is 2.30. The maximum atomic E-state index is 11.1. The van der Waals surface area contributed by atoms with E-state index >= 15 is 0 Å². The Morgan fingerprint density at radius 1 is 1.50 bits per heavy atom. The van der Waals surface area contributed by atoms with Gasteiger partial charge in [0.15, 0.2) is 0 Å². The lowest BCUT2D eigenvalue weighted by molar-refractivity contribution is -0.385. The van der Waals surface area contributed by atoms with Gasteiger partial charge in [0.1, 0.15) is 5.21 Å². The highest BCUT2D eigenvalue weighted by molar-refractivity contribution is 9.10. The lowest BCUT2D eigenvalue weighted by Crippen LogP contribution is -2.13. The summed E-state index contributed by atoms with van der Waals surface area (Å²) < 4.78 is 24.6. The average Bonchev–Trinajstić information content (AvgIpc) is 2.20. The first-order valence-electron chi connectivity index (χ1n) is 3.86. The molecule has 1 aromatic rings. The van der Waals surface area contributed by atoms with Gasteiger partial charge in [-0.3, -0.25) is 14.8 Å². The van der Waals surface area contributed by atoms with E-state index in [0.717, 1.165) is 6.07 Å². The van der Waals surface area contributed by atoms with E-state index in [9.17, 15) is 18.5 Å². The van der Waals surface area contributed by atoms with Crippen LogP contribution in [0.5, 0.6) is 0 Å². The van der Waals surface area contributed by atoms with Crippen molar-refractivity contribution in [3.63, 3.8) is 0 Å². The van der Waals surface area contributed by atoms with Crippen molar-refractivity contribution in [2.24, 2.45) is 0 Å². The number of halogens is 2. The minimum Gasteiger partial charge on any atom is -0.282 e. The smallest absolute Gasteiger partial charge is 0.282 e. The molecule has 0 fully saturated rings. The van der Waals surface area contributed by atoms with E-state index in [2.05, 4.69) is 20.7 Å². The second-order valence-electron chi connectivity index (χ2n) is 2.75. The van der Waals surface area contributed by atoms with Crippen LogP contribution in [0, 0.1) is 10.1 Å². The number of nitro groups is 1. The number of alkyl halides is 1. The van der Waals surface area contributed by atoms with E-state index in [4.69, 9.17) is 11.6 Å². The van der Waals surface area contributed by atoms with Gasteiger partial charge in [0, 0.05) is 6.07 Å². The Balaban J connectivity index is 3.09. The van der Waals surface area contributed by atoms with E-state index in [1.165, 1.54) is 12.1 Å². The fourth-order valence-corrected chi connectivity index (χ4v) is 2.02. The highest BCUT2D eigenvalue weighted by Crippen LogP contribution is 2.28. The van der Waals surface area contributed by atoms with Gasteiger partial charge in [0.2, 0.25) is 10.0 Å². The monoisotopic (exact) mass is 328 g/mol. The number of hydrogen-bond donors (Lipinski definition) is 1. The van der Waals surface area contributed by atoms with Gasteiger partial charge in [0.05, 0.1) is 15.1 Å². The lowest BCUT2D eigenvalue weighted by Gasteiger charge is -2.05. The van der Waals surface area contributed by atoms with Crippen LogP contribution >= 0.6 is 27.5 Å². The molecule has 88 valence electrons. The molecule has 0 unspecified atom stereocenters. The van der Waals surface area contributed by atoms with E-state index in [-0.39, 0.29) is 15.8 Å². The van der Waals surface area contributed by atoms with Gasteiger partial charge in [-0.15, -0.1) is 11.6 Å². The zero-order valence-electron chi connectivity index (χ0n) is 7.68. The van der Waals surface area contributed by atoms with Crippen LogP contribution in [0.1, 0.15) is 0 Å². The molecule has 9 heteroatoms. The molecule has 0 bridgehead atoms. The van der Waals surface area contributed by atoms with E-state index in [1.807, 2.05) is 0 Å². The van der Waals surface area contributed by atoms with Crippen molar-refractivity contribution < 1.29 is 13.3 Å². The van der Waals surface area contributed by atoms with Gasteiger partial charge in [-0.2, -0.15) is 0 Å². The van der Waals surface area contributed by atoms with Crippen molar-refractivity contribution in [3.05, 3.63) is 32.8 Å². The summed E-state index contributed by atoms with van der Waals surface area (Å²) in [5.74, 6) is 0. The van der Waals surface area contributed by atoms with E-state index in [1.54, 1.807) is 0 Å². The summed E-state index contributed by atoms with van der Waals surface area (Å²) in [5, 5.41) is 9.97. The van der Waals surface area contributed by atoms with E-state index in [0.29, 0.717) is 0 Å². The Bertz CT molecular complexity index is 519. The molecule has 0 amide bonds. The highest BCUT2D eigenvalue weighted by atomic mass is 79.9. The summed E-state index contributed by atoms with van der Waals surface area (Å²) in [6, 6.07) is 3.87. The lowest BCUT2D eigenvalue weighted by atomic mass is 10.3. The maximum Gasteiger partial charge on any atom is 0.285 e. The molecule has 0 aliphatic carbocycles. The zero-order valence-corrected chi connectivity index (χ0v) is 10.8. The topological polar surface area (TPSA) is 89.3 Å². The molecule has 6 nitrogen and oxygen atoms in total. The third kappa shape index (κ3) is 3.32. The molecule has 0 radical (unpaired) electrons. The Morgan fingerprint density at radius 2 is 2.12 bits per heavy atom. The molecule has 0 aromatic heterocycles. The number of sulfonamides is 1. The normalized spacial score (nSPS) is 11.1. The molecule has 0 atom stereocenters. The van der Waals surface area contributed by atoms with Crippen LogP contribution in [0.3, 0.4) is 0 Å². The molecular formula is C7H6BrClN2O4S. The third-order valence-corrected chi connectivity index (χ3v) is 3.93. The van der Waals surface area contributed by atoms with Crippen molar-refractivity contribution >= 4 is 48.9 Å². The number of nitrogens with zero attached hydrogens (tertiary/aromatic N) is 1. The molecule has 1 N–H and O–H groups in total. The number of nitrogens with one attached hydrogen (secondary N) is 1. The molecule has 16 heavy (non-hydrogen) atoms. The van der Waals surface area contributed by atoms with Gasteiger partial charge in [-0.25, -0.2) is 8.42 Å². The van der Waals surface area contributed by atoms with Crippen LogP contribution in [0.4, 0.5) is 11.4 Å². The molecule has 0 aliphatic heterocycles. The van der Waals surface area contributed by atoms with Crippen LogP contribution in [0.2, 0.25) is 0 Å². The largest absolute Gasteiger partial charge is 0.285 e. The molecule has 0 saturated heterocycles. The first kappa shape index (κ1) is 13.2. The Labute approximate surface area is 105 Å². The second-order valence-corrected chi connectivity index (χ2v) is 5.91. The molecule has 0 aliphatic rings. The van der Waals surface area contributed by atoms with Gasteiger partial charge in [-0.1, -0.05) is 0 Å². The fourth-order valence-electron chi connectivity index (χ4n) is 0.923. The Morgan fingerprint density at radius 3 is 2.62 bits per heavy atom. The maximum absolute atomic E-state index is 11.1. The predicted molar refractivity (Wildman–Crippen MR) is 64.1 cm³/mol. The molecule has 0 heterocycles. The highest BCUT2D eigenvalue weighted by Gasteiger charge is 2.15. The number of anilines is 1. The van der Waals surface area contributed by atoms with Crippen LogP contribution in [-0.4, -0.2) is 18.6 Å². The first-order valence-corrected chi connectivity index (χ1v) is 6.84. The van der Waals surface area contributed by atoms with Crippen molar-refractivity contribution in [1.29, 1.82) is 0 Å². The van der Waals surface area contributed by atoms with Crippen molar-refractivity contribution in [1.82, 2.24) is 0 Å².